The summed E-state index contributed by atoms with van der Waals surface area (Å²) in [5.74, 6) is 0.0892. The molecule has 1 amide bonds. The lowest BCUT2D eigenvalue weighted by atomic mass is 9.93. The van der Waals surface area contributed by atoms with E-state index in [2.05, 4.69) is 47.8 Å². The number of aliphatic imine (C=N–C) groups is 1. The first-order chi connectivity index (χ1) is 14.8. The molecule has 3 aromatic rings. The molecule has 30 heavy (non-hydrogen) atoms. The van der Waals surface area contributed by atoms with Gasteiger partial charge in [-0.2, -0.15) is 0 Å². The van der Waals surface area contributed by atoms with Crippen molar-refractivity contribution in [2.45, 2.75) is 63.8 Å². The topological polar surface area (TPSA) is 41.5 Å². The predicted molar refractivity (Wildman–Crippen MR) is 127 cm³/mol. The number of hydrogen-bond donors (Lipinski definition) is 1. The molecule has 2 aromatic carbocycles. The standard InChI is InChI=1S/C26H28N2OS/c29-25(28-20-12-2-1-3-13-20)24-22-15-6-7-16-23(22)30-26(24)27-17-19-11-8-10-18-9-4-5-14-21(18)19/h4-5,8-11,14,17,20H,1-3,6-7,12-13,15-16H2,(H,28,29)/b27-17+. The summed E-state index contributed by atoms with van der Waals surface area (Å²) in [4.78, 5) is 19.6. The Bertz CT molecular complexity index is 1090. The van der Waals surface area contributed by atoms with Gasteiger partial charge in [0.1, 0.15) is 5.00 Å². The quantitative estimate of drug-likeness (QED) is 0.479. The minimum absolute atomic E-state index is 0.0892. The van der Waals surface area contributed by atoms with Gasteiger partial charge in [0, 0.05) is 22.7 Å². The molecule has 1 heterocycles. The van der Waals surface area contributed by atoms with Crippen molar-refractivity contribution in [3.63, 3.8) is 0 Å². The number of aryl methyl sites for hydroxylation is 1. The summed E-state index contributed by atoms with van der Waals surface area (Å²) in [6.07, 6.45) is 12.3. The number of thiophene rings is 1. The van der Waals surface area contributed by atoms with Gasteiger partial charge in [0.25, 0.3) is 5.91 Å². The van der Waals surface area contributed by atoms with Crippen molar-refractivity contribution in [2.24, 2.45) is 4.99 Å². The summed E-state index contributed by atoms with van der Waals surface area (Å²) >= 11 is 1.72. The van der Waals surface area contributed by atoms with Crippen LogP contribution in [0.15, 0.2) is 47.5 Å². The van der Waals surface area contributed by atoms with E-state index in [1.54, 1.807) is 11.3 Å². The third-order valence-corrected chi connectivity index (χ3v) is 7.66. The Morgan fingerprint density at radius 3 is 2.67 bits per heavy atom. The zero-order chi connectivity index (χ0) is 20.3. The molecule has 1 aromatic heterocycles. The lowest BCUT2D eigenvalue weighted by Gasteiger charge is -2.23. The van der Waals surface area contributed by atoms with Gasteiger partial charge in [-0.15, -0.1) is 11.3 Å². The summed E-state index contributed by atoms with van der Waals surface area (Å²) in [5, 5.41) is 6.61. The van der Waals surface area contributed by atoms with Crippen molar-refractivity contribution >= 4 is 39.2 Å². The Hall–Kier alpha value is -2.46. The van der Waals surface area contributed by atoms with Crippen LogP contribution in [-0.2, 0) is 12.8 Å². The highest BCUT2D eigenvalue weighted by atomic mass is 32.1. The van der Waals surface area contributed by atoms with Crippen molar-refractivity contribution in [1.29, 1.82) is 0 Å². The van der Waals surface area contributed by atoms with Gasteiger partial charge >= 0.3 is 0 Å². The van der Waals surface area contributed by atoms with E-state index < -0.39 is 0 Å². The maximum absolute atomic E-state index is 13.3. The number of rotatable bonds is 4. The molecule has 2 aliphatic carbocycles. The van der Waals surface area contributed by atoms with Gasteiger partial charge in [-0.1, -0.05) is 61.7 Å². The van der Waals surface area contributed by atoms with Crippen LogP contribution in [0.3, 0.4) is 0 Å². The van der Waals surface area contributed by atoms with Crippen LogP contribution in [-0.4, -0.2) is 18.2 Å². The Morgan fingerprint density at radius 2 is 1.77 bits per heavy atom. The van der Waals surface area contributed by atoms with E-state index >= 15 is 0 Å². The monoisotopic (exact) mass is 416 g/mol. The first kappa shape index (κ1) is 19.5. The largest absolute Gasteiger partial charge is 0.349 e. The summed E-state index contributed by atoms with van der Waals surface area (Å²) < 4.78 is 0. The molecule has 0 unspecified atom stereocenters. The number of carbonyl (C=O) groups is 1. The Balaban J connectivity index is 1.49. The number of benzene rings is 2. The summed E-state index contributed by atoms with van der Waals surface area (Å²) in [5.41, 5.74) is 3.19. The molecule has 1 N–H and O–H groups in total. The van der Waals surface area contributed by atoms with Gasteiger partial charge < -0.3 is 5.32 Å². The molecule has 2 aliphatic rings. The molecular weight excluding hydrogens is 388 g/mol. The zero-order valence-electron chi connectivity index (χ0n) is 17.3. The van der Waals surface area contributed by atoms with E-state index in [1.807, 2.05) is 6.21 Å². The van der Waals surface area contributed by atoms with Crippen molar-refractivity contribution in [3.05, 3.63) is 64.0 Å². The third-order valence-electron chi connectivity index (χ3n) is 6.46. The Kier molecular flexibility index (Phi) is 5.67. The second kappa shape index (κ2) is 8.73. The SMILES string of the molecule is O=C(NC1CCCCC1)c1c(/N=C/c2cccc3ccccc23)sc2c1CCCC2. The molecule has 0 bridgehead atoms. The van der Waals surface area contributed by atoms with E-state index in [4.69, 9.17) is 4.99 Å². The molecule has 0 saturated heterocycles. The normalized spacial score (nSPS) is 17.3. The maximum Gasteiger partial charge on any atom is 0.254 e. The molecule has 0 spiro atoms. The molecule has 1 fully saturated rings. The Morgan fingerprint density at radius 1 is 0.967 bits per heavy atom. The number of fused-ring (bicyclic) bond motifs is 2. The van der Waals surface area contributed by atoms with Crippen LogP contribution in [0.4, 0.5) is 5.00 Å². The number of nitrogens with one attached hydrogen (secondary N) is 1. The highest BCUT2D eigenvalue weighted by Gasteiger charge is 2.27. The third kappa shape index (κ3) is 3.93. The second-order valence-corrected chi connectivity index (χ2v) is 9.61. The molecule has 3 nitrogen and oxygen atoms in total. The van der Waals surface area contributed by atoms with E-state index in [1.165, 1.54) is 53.3 Å². The van der Waals surface area contributed by atoms with E-state index in [9.17, 15) is 4.79 Å². The first-order valence-corrected chi connectivity index (χ1v) is 12.1. The van der Waals surface area contributed by atoms with Crippen molar-refractivity contribution in [3.8, 4) is 0 Å². The molecule has 0 aliphatic heterocycles. The number of amides is 1. The van der Waals surface area contributed by atoms with Crippen molar-refractivity contribution < 1.29 is 4.79 Å². The summed E-state index contributed by atoms with van der Waals surface area (Å²) in [7, 11) is 0. The van der Waals surface area contributed by atoms with Gasteiger partial charge in [0.15, 0.2) is 0 Å². The van der Waals surface area contributed by atoms with Gasteiger partial charge in [-0.05, 0) is 54.9 Å². The molecule has 4 heteroatoms. The van der Waals surface area contributed by atoms with Crippen LogP contribution in [0.1, 0.15) is 71.3 Å². The number of hydrogen-bond acceptors (Lipinski definition) is 3. The lowest BCUT2D eigenvalue weighted by molar-refractivity contribution is 0.0927. The van der Waals surface area contributed by atoms with E-state index in [0.29, 0.717) is 6.04 Å². The van der Waals surface area contributed by atoms with Gasteiger partial charge in [-0.25, -0.2) is 4.99 Å². The average Bonchev–Trinajstić information content (AvgIpc) is 3.17. The number of nitrogens with zero attached hydrogens (tertiary/aromatic N) is 1. The van der Waals surface area contributed by atoms with Gasteiger partial charge in [0.2, 0.25) is 0 Å². The van der Waals surface area contributed by atoms with Gasteiger partial charge in [-0.3, -0.25) is 4.79 Å². The molecule has 0 atom stereocenters. The van der Waals surface area contributed by atoms with Crippen LogP contribution in [0, 0.1) is 0 Å². The number of carbonyl (C=O) groups excluding carboxylic acids is 1. The molecule has 0 radical (unpaired) electrons. The molecular formula is C26H28N2OS. The second-order valence-electron chi connectivity index (χ2n) is 8.53. The van der Waals surface area contributed by atoms with Crippen molar-refractivity contribution in [1.82, 2.24) is 5.32 Å². The smallest absolute Gasteiger partial charge is 0.254 e. The fourth-order valence-electron chi connectivity index (χ4n) is 4.87. The highest BCUT2D eigenvalue weighted by Crippen LogP contribution is 2.40. The van der Waals surface area contributed by atoms with Crippen molar-refractivity contribution in [2.75, 3.05) is 0 Å². The fraction of sp³-hybridized carbons (Fsp3) is 0.385. The Labute approximate surface area is 182 Å². The lowest BCUT2D eigenvalue weighted by Crippen LogP contribution is -2.36. The molecule has 154 valence electrons. The van der Waals surface area contributed by atoms with Crippen LogP contribution < -0.4 is 5.32 Å². The molecule has 5 rings (SSSR count). The minimum Gasteiger partial charge on any atom is -0.349 e. The highest BCUT2D eigenvalue weighted by molar-refractivity contribution is 7.16. The summed E-state index contributed by atoms with van der Waals surface area (Å²) in [6, 6.07) is 15.0. The van der Waals surface area contributed by atoms with E-state index in [-0.39, 0.29) is 5.91 Å². The average molecular weight is 417 g/mol. The first-order valence-electron chi connectivity index (χ1n) is 11.3. The minimum atomic E-state index is 0.0892. The van der Waals surface area contributed by atoms with E-state index in [0.717, 1.165) is 41.8 Å². The van der Waals surface area contributed by atoms with Crippen LogP contribution >= 0.6 is 11.3 Å². The van der Waals surface area contributed by atoms with Crippen LogP contribution in [0.5, 0.6) is 0 Å². The predicted octanol–water partition coefficient (Wildman–Crippen LogP) is 6.59. The van der Waals surface area contributed by atoms with Crippen LogP contribution in [0.25, 0.3) is 10.8 Å². The van der Waals surface area contributed by atoms with Gasteiger partial charge in [0.05, 0.1) is 5.56 Å². The zero-order valence-corrected chi connectivity index (χ0v) is 18.1. The summed E-state index contributed by atoms with van der Waals surface area (Å²) in [6.45, 7) is 0. The van der Waals surface area contributed by atoms with Crippen LogP contribution in [0.2, 0.25) is 0 Å². The molecule has 1 saturated carbocycles. The fourth-order valence-corrected chi connectivity index (χ4v) is 6.10. The maximum atomic E-state index is 13.3.